The molecule has 1 amide bonds. The predicted molar refractivity (Wildman–Crippen MR) is 101 cm³/mol. The number of thiophene rings is 1. The van der Waals surface area contributed by atoms with E-state index in [4.69, 9.17) is 11.6 Å². The van der Waals surface area contributed by atoms with Gasteiger partial charge in [-0.05, 0) is 66.0 Å². The highest BCUT2D eigenvalue weighted by Crippen LogP contribution is 2.25. The molecule has 0 radical (unpaired) electrons. The number of hydrogen-bond donors (Lipinski definition) is 1. The molecule has 1 aliphatic rings. The van der Waals surface area contributed by atoms with Crippen LogP contribution in [0.15, 0.2) is 41.1 Å². The minimum Gasteiger partial charge on any atom is -0.354 e. The van der Waals surface area contributed by atoms with Crippen molar-refractivity contribution in [3.63, 3.8) is 0 Å². The number of carbonyl (C=O) groups is 1. The maximum atomic E-state index is 12.3. The number of rotatable bonds is 6. The first kappa shape index (κ1) is 17.5. The zero-order valence-electron chi connectivity index (χ0n) is 13.7. The molecule has 3 rings (SSSR count). The number of carbonyl (C=O) groups excluding carboxylic acids is 1. The first-order valence-corrected chi connectivity index (χ1v) is 9.82. The van der Waals surface area contributed by atoms with E-state index < -0.39 is 0 Å². The molecule has 1 N–H and O–H groups in total. The molecular formula is C19H23ClN2OS. The van der Waals surface area contributed by atoms with E-state index in [0.717, 1.165) is 18.7 Å². The standard InChI is InChI=1S/C19H23ClN2OS/c20-17-6-4-15(5-7-17)12-19(23)21-13-18(16-8-11-24-14-16)22-9-2-1-3-10-22/h4-8,11,14,18H,1-3,9-10,12-13H2,(H,21,23). The molecule has 1 saturated heterocycles. The Morgan fingerprint density at radius 1 is 1.17 bits per heavy atom. The normalized spacial score (nSPS) is 16.7. The molecule has 2 heterocycles. The van der Waals surface area contributed by atoms with Crippen molar-refractivity contribution in [2.45, 2.75) is 31.7 Å². The number of amides is 1. The SMILES string of the molecule is O=C(Cc1ccc(Cl)cc1)NCC(c1ccsc1)N1CCCCC1. The molecule has 5 heteroatoms. The van der Waals surface area contributed by atoms with Crippen LogP contribution in [0.5, 0.6) is 0 Å². The van der Waals surface area contributed by atoms with Crippen LogP contribution in [-0.4, -0.2) is 30.4 Å². The molecule has 2 aromatic rings. The van der Waals surface area contributed by atoms with E-state index >= 15 is 0 Å². The van der Waals surface area contributed by atoms with Gasteiger partial charge in [-0.25, -0.2) is 0 Å². The van der Waals surface area contributed by atoms with Crippen molar-refractivity contribution in [1.82, 2.24) is 10.2 Å². The second kappa shape index (κ2) is 8.65. The third-order valence-electron chi connectivity index (χ3n) is 4.53. The van der Waals surface area contributed by atoms with Gasteiger partial charge in [-0.1, -0.05) is 30.2 Å². The van der Waals surface area contributed by atoms with Gasteiger partial charge in [0.2, 0.25) is 5.91 Å². The first-order chi connectivity index (χ1) is 11.7. The molecule has 1 atom stereocenters. The molecule has 1 aliphatic heterocycles. The topological polar surface area (TPSA) is 32.3 Å². The van der Waals surface area contributed by atoms with E-state index in [1.807, 2.05) is 24.3 Å². The summed E-state index contributed by atoms with van der Waals surface area (Å²) < 4.78 is 0. The lowest BCUT2D eigenvalue weighted by Crippen LogP contribution is -2.40. The Kier molecular flexibility index (Phi) is 6.30. The summed E-state index contributed by atoms with van der Waals surface area (Å²) in [5, 5.41) is 8.13. The Labute approximate surface area is 152 Å². The molecule has 0 spiro atoms. The van der Waals surface area contributed by atoms with Gasteiger partial charge in [0.05, 0.1) is 12.5 Å². The van der Waals surface area contributed by atoms with Crippen molar-refractivity contribution < 1.29 is 4.79 Å². The van der Waals surface area contributed by atoms with Crippen LogP contribution < -0.4 is 5.32 Å². The summed E-state index contributed by atoms with van der Waals surface area (Å²) in [7, 11) is 0. The van der Waals surface area contributed by atoms with E-state index in [0.29, 0.717) is 18.0 Å². The fourth-order valence-electron chi connectivity index (χ4n) is 3.21. The Morgan fingerprint density at radius 3 is 2.58 bits per heavy atom. The van der Waals surface area contributed by atoms with Gasteiger partial charge in [-0.15, -0.1) is 0 Å². The zero-order chi connectivity index (χ0) is 16.8. The van der Waals surface area contributed by atoms with Gasteiger partial charge >= 0.3 is 0 Å². The minimum absolute atomic E-state index is 0.0644. The van der Waals surface area contributed by atoms with Gasteiger partial charge in [0, 0.05) is 11.6 Å². The minimum atomic E-state index is 0.0644. The Bertz CT molecular complexity index is 636. The molecule has 3 nitrogen and oxygen atoms in total. The maximum Gasteiger partial charge on any atom is 0.224 e. The maximum absolute atomic E-state index is 12.3. The van der Waals surface area contributed by atoms with E-state index in [-0.39, 0.29) is 11.9 Å². The van der Waals surface area contributed by atoms with Gasteiger partial charge in [-0.3, -0.25) is 9.69 Å². The summed E-state index contributed by atoms with van der Waals surface area (Å²) in [5.74, 6) is 0.0644. The van der Waals surface area contributed by atoms with Crippen LogP contribution in [0.4, 0.5) is 0 Å². The second-order valence-corrected chi connectivity index (χ2v) is 7.49. The molecule has 1 aromatic heterocycles. The lowest BCUT2D eigenvalue weighted by molar-refractivity contribution is -0.120. The lowest BCUT2D eigenvalue weighted by Gasteiger charge is -2.34. The van der Waals surface area contributed by atoms with E-state index in [1.165, 1.54) is 24.8 Å². The Hall–Kier alpha value is -1.36. The number of piperidine rings is 1. The number of hydrogen-bond acceptors (Lipinski definition) is 3. The van der Waals surface area contributed by atoms with E-state index in [2.05, 4.69) is 27.0 Å². The van der Waals surface area contributed by atoms with Crippen LogP contribution in [0.2, 0.25) is 5.02 Å². The summed E-state index contributed by atoms with van der Waals surface area (Å²) >= 11 is 7.61. The van der Waals surface area contributed by atoms with E-state index in [9.17, 15) is 4.79 Å². The highest BCUT2D eigenvalue weighted by atomic mass is 35.5. The molecule has 0 bridgehead atoms. The molecule has 24 heavy (non-hydrogen) atoms. The van der Waals surface area contributed by atoms with Crippen LogP contribution in [0.25, 0.3) is 0 Å². The first-order valence-electron chi connectivity index (χ1n) is 8.49. The third-order valence-corrected chi connectivity index (χ3v) is 5.48. The van der Waals surface area contributed by atoms with Gasteiger partial charge in [-0.2, -0.15) is 11.3 Å². The fraction of sp³-hybridized carbons (Fsp3) is 0.421. The highest BCUT2D eigenvalue weighted by Gasteiger charge is 2.23. The molecule has 128 valence electrons. The van der Waals surface area contributed by atoms with Gasteiger partial charge < -0.3 is 5.32 Å². The molecule has 0 aliphatic carbocycles. The zero-order valence-corrected chi connectivity index (χ0v) is 15.3. The van der Waals surface area contributed by atoms with Crippen molar-refractivity contribution in [1.29, 1.82) is 0 Å². The van der Waals surface area contributed by atoms with Gasteiger partial charge in [0.15, 0.2) is 0 Å². The quantitative estimate of drug-likeness (QED) is 0.831. The molecular weight excluding hydrogens is 340 g/mol. The molecule has 1 unspecified atom stereocenters. The summed E-state index contributed by atoms with van der Waals surface area (Å²) in [6, 6.07) is 9.92. The summed E-state index contributed by atoms with van der Waals surface area (Å²) in [5.41, 5.74) is 2.30. The molecule has 1 fully saturated rings. The lowest BCUT2D eigenvalue weighted by atomic mass is 10.0. The van der Waals surface area contributed by atoms with Crippen molar-refractivity contribution in [2.75, 3.05) is 19.6 Å². The molecule has 0 saturated carbocycles. The molecule has 1 aromatic carbocycles. The van der Waals surface area contributed by atoms with Crippen molar-refractivity contribution in [3.8, 4) is 0 Å². The third kappa shape index (κ3) is 4.82. The average molecular weight is 363 g/mol. The van der Waals surface area contributed by atoms with Crippen molar-refractivity contribution >= 4 is 28.8 Å². The van der Waals surface area contributed by atoms with Crippen LogP contribution in [0, 0.1) is 0 Å². The average Bonchev–Trinajstić information content (AvgIpc) is 3.12. The Morgan fingerprint density at radius 2 is 1.92 bits per heavy atom. The van der Waals surface area contributed by atoms with Gasteiger partial charge in [0.25, 0.3) is 0 Å². The Balaban J connectivity index is 1.58. The summed E-state index contributed by atoms with van der Waals surface area (Å²) in [6.45, 7) is 2.91. The van der Waals surface area contributed by atoms with E-state index in [1.54, 1.807) is 11.3 Å². The largest absolute Gasteiger partial charge is 0.354 e. The van der Waals surface area contributed by atoms with Crippen molar-refractivity contribution in [3.05, 3.63) is 57.2 Å². The van der Waals surface area contributed by atoms with Gasteiger partial charge in [0.1, 0.15) is 0 Å². The highest BCUT2D eigenvalue weighted by molar-refractivity contribution is 7.07. The smallest absolute Gasteiger partial charge is 0.224 e. The predicted octanol–water partition coefficient (Wildman–Crippen LogP) is 4.29. The fourth-order valence-corrected chi connectivity index (χ4v) is 4.05. The number of halogens is 1. The monoisotopic (exact) mass is 362 g/mol. The van der Waals surface area contributed by atoms with Crippen molar-refractivity contribution in [2.24, 2.45) is 0 Å². The number of benzene rings is 1. The number of likely N-dealkylation sites (tertiary alicyclic amines) is 1. The number of nitrogens with one attached hydrogen (secondary N) is 1. The van der Waals surface area contributed by atoms with Crippen LogP contribution >= 0.6 is 22.9 Å². The second-order valence-electron chi connectivity index (χ2n) is 6.28. The number of nitrogens with zero attached hydrogens (tertiary/aromatic N) is 1. The summed E-state index contributed by atoms with van der Waals surface area (Å²) in [6.07, 6.45) is 4.21. The van der Waals surface area contributed by atoms with Crippen LogP contribution in [-0.2, 0) is 11.2 Å². The van der Waals surface area contributed by atoms with Crippen LogP contribution in [0.1, 0.15) is 36.4 Å². The van der Waals surface area contributed by atoms with Crippen LogP contribution in [0.3, 0.4) is 0 Å². The summed E-state index contributed by atoms with van der Waals surface area (Å²) in [4.78, 5) is 14.8.